The Morgan fingerprint density at radius 1 is 1.20 bits per heavy atom. The van der Waals surface area contributed by atoms with Gasteiger partial charge < -0.3 is 4.90 Å². The van der Waals surface area contributed by atoms with Gasteiger partial charge in [-0.2, -0.15) is 0 Å². The molecule has 0 bridgehead atoms. The van der Waals surface area contributed by atoms with Crippen LogP contribution in [0.5, 0.6) is 0 Å². The topological polar surface area (TPSA) is 70.6 Å². The van der Waals surface area contributed by atoms with Gasteiger partial charge in [0.15, 0.2) is 0 Å². The Bertz CT molecular complexity index is 970. The van der Waals surface area contributed by atoms with Gasteiger partial charge in [0, 0.05) is 37.9 Å². The highest BCUT2D eigenvalue weighted by molar-refractivity contribution is 7.88. The molecule has 1 amide bonds. The number of pyridine rings is 1. The van der Waals surface area contributed by atoms with Crippen LogP contribution >= 0.6 is 0 Å². The Labute approximate surface area is 177 Å². The summed E-state index contributed by atoms with van der Waals surface area (Å²) in [5.74, 6) is -0.255. The summed E-state index contributed by atoms with van der Waals surface area (Å²) in [6.07, 6.45) is 4.97. The fourth-order valence-electron chi connectivity index (χ4n) is 4.02. The maximum Gasteiger partial charge on any atom is 0.255 e. The summed E-state index contributed by atoms with van der Waals surface area (Å²) in [6.45, 7) is 2.97. The molecule has 1 aliphatic heterocycles. The van der Waals surface area contributed by atoms with Gasteiger partial charge in [-0.05, 0) is 49.1 Å². The predicted molar refractivity (Wildman–Crippen MR) is 114 cm³/mol. The number of benzene rings is 1. The van der Waals surface area contributed by atoms with Crippen LogP contribution in [0.4, 0.5) is 4.39 Å². The summed E-state index contributed by atoms with van der Waals surface area (Å²) in [5.41, 5.74) is 2.26. The Morgan fingerprint density at radius 2 is 1.83 bits per heavy atom. The summed E-state index contributed by atoms with van der Waals surface area (Å²) in [6, 6.07) is 9.71. The highest BCUT2D eigenvalue weighted by atomic mass is 32.2. The standard InChI is InChI=1S/C22H28FN3O3S/c1-4-21(17-5-8-19(23)9-6-17)25(2)22(27)18-7-10-20(24-15-18)16-11-13-26(14-12-16)30(3,28)29/h5-10,15-16,21H,4,11-14H2,1-3H3. The van der Waals surface area contributed by atoms with Crippen LogP contribution in [0.1, 0.15) is 59.8 Å². The first-order valence-corrected chi connectivity index (χ1v) is 12.0. The van der Waals surface area contributed by atoms with Crippen molar-refractivity contribution >= 4 is 15.9 Å². The molecule has 3 rings (SSSR count). The largest absolute Gasteiger partial charge is 0.335 e. The van der Waals surface area contributed by atoms with Crippen molar-refractivity contribution in [2.45, 2.75) is 38.1 Å². The number of aromatic nitrogens is 1. The molecule has 1 aliphatic rings. The molecular formula is C22H28FN3O3S. The Morgan fingerprint density at radius 3 is 2.33 bits per heavy atom. The van der Waals surface area contributed by atoms with Crippen LogP contribution in [-0.4, -0.2) is 54.9 Å². The van der Waals surface area contributed by atoms with E-state index in [2.05, 4.69) is 4.98 Å². The van der Waals surface area contributed by atoms with Crippen molar-refractivity contribution in [3.8, 4) is 0 Å². The van der Waals surface area contributed by atoms with Crippen LogP contribution in [0.3, 0.4) is 0 Å². The summed E-state index contributed by atoms with van der Waals surface area (Å²) in [4.78, 5) is 19.1. The maximum atomic E-state index is 13.2. The molecule has 1 aromatic carbocycles. The molecule has 0 spiro atoms. The molecule has 1 saturated heterocycles. The minimum atomic E-state index is -3.15. The van der Waals surface area contributed by atoms with Crippen LogP contribution in [0.25, 0.3) is 0 Å². The van der Waals surface area contributed by atoms with E-state index < -0.39 is 10.0 Å². The quantitative estimate of drug-likeness (QED) is 0.698. The Hall–Kier alpha value is -2.32. The van der Waals surface area contributed by atoms with Gasteiger partial charge in [0.1, 0.15) is 5.82 Å². The van der Waals surface area contributed by atoms with E-state index in [0.717, 1.165) is 24.1 Å². The highest BCUT2D eigenvalue weighted by Crippen LogP contribution is 2.29. The van der Waals surface area contributed by atoms with Gasteiger partial charge in [-0.1, -0.05) is 19.1 Å². The lowest BCUT2D eigenvalue weighted by Crippen LogP contribution is -2.37. The van der Waals surface area contributed by atoms with Crippen molar-refractivity contribution < 1.29 is 17.6 Å². The number of hydrogen-bond donors (Lipinski definition) is 0. The van der Waals surface area contributed by atoms with Crippen LogP contribution in [0, 0.1) is 5.82 Å². The van der Waals surface area contributed by atoms with Crippen LogP contribution in [0.2, 0.25) is 0 Å². The molecular weight excluding hydrogens is 405 g/mol. The highest BCUT2D eigenvalue weighted by Gasteiger charge is 2.27. The third kappa shape index (κ3) is 5.05. The molecule has 0 N–H and O–H groups in total. The van der Waals surface area contributed by atoms with E-state index in [1.165, 1.54) is 22.7 Å². The third-order valence-electron chi connectivity index (χ3n) is 5.80. The van der Waals surface area contributed by atoms with E-state index in [4.69, 9.17) is 0 Å². The van der Waals surface area contributed by atoms with Gasteiger partial charge in [0.2, 0.25) is 10.0 Å². The molecule has 162 valence electrons. The molecule has 30 heavy (non-hydrogen) atoms. The molecule has 6 nitrogen and oxygen atoms in total. The number of carbonyl (C=O) groups excluding carboxylic acids is 1. The zero-order valence-corrected chi connectivity index (χ0v) is 18.4. The number of nitrogens with zero attached hydrogens (tertiary/aromatic N) is 3. The van der Waals surface area contributed by atoms with Gasteiger partial charge >= 0.3 is 0 Å². The average molecular weight is 434 g/mol. The van der Waals surface area contributed by atoms with Crippen molar-refractivity contribution in [2.75, 3.05) is 26.4 Å². The number of carbonyl (C=O) groups is 1. The maximum absolute atomic E-state index is 13.2. The van der Waals surface area contributed by atoms with Gasteiger partial charge in [0.25, 0.3) is 5.91 Å². The summed E-state index contributed by atoms with van der Waals surface area (Å²) < 4.78 is 38.0. The first-order chi connectivity index (χ1) is 14.2. The van der Waals surface area contributed by atoms with Crippen molar-refractivity contribution in [1.29, 1.82) is 0 Å². The molecule has 1 fully saturated rings. The predicted octanol–water partition coefficient (Wildman–Crippen LogP) is 3.58. The van der Waals surface area contributed by atoms with Crippen molar-refractivity contribution in [3.63, 3.8) is 0 Å². The molecule has 1 unspecified atom stereocenters. The molecule has 1 aromatic heterocycles. The zero-order chi connectivity index (χ0) is 21.9. The average Bonchev–Trinajstić information content (AvgIpc) is 2.74. The van der Waals surface area contributed by atoms with E-state index in [0.29, 0.717) is 25.1 Å². The lowest BCUT2D eigenvalue weighted by atomic mass is 9.94. The molecule has 2 aromatic rings. The summed E-state index contributed by atoms with van der Waals surface area (Å²) >= 11 is 0. The van der Waals surface area contributed by atoms with Crippen molar-refractivity contribution in [1.82, 2.24) is 14.2 Å². The fraction of sp³-hybridized carbons (Fsp3) is 0.455. The minimum Gasteiger partial charge on any atom is -0.335 e. The number of sulfonamides is 1. The smallest absolute Gasteiger partial charge is 0.255 e. The number of piperidine rings is 1. The van der Waals surface area contributed by atoms with Crippen LogP contribution in [0.15, 0.2) is 42.6 Å². The van der Waals surface area contributed by atoms with E-state index in [-0.39, 0.29) is 23.7 Å². The number of hydrogen-bond acceptors (Lipinski definition) is 4. The molecule has 0 saturated carbocycles. The van der Waals surface area contributed by atoms with Crippen LogP contribution < -0.4 is 0 Å². The van der Waals surface area contributed by atoms with Gasteiger partial charge in [-0.25, -0.2) is 17.1 Å². The summed E-state index contributed by atoms with van der Waals surface area (Å²) in [7, 11) is -1.41. The fourth-order valence-corrected chi connectivity index (χ4v) is 4.89. The van der Waals surface area contributed by atoms with E-state index >= 15 is 0 Å². The van der Waals surface area contributed by atoms with E-state index in [1.54, 1.807) is 36.3 Å². The van der Waals surface area contributed by atoms with Gasteiger partial charge in [0.05, 0.1) is 17.9 Å². The van der Waals surface area contributed by atoms with Gasteiger partial charge in [-0.15, -0.1) is 0 Å². The van der Waals surface area contributed by atoms with Gasteiger partial charge in [-0.3, -0.25) is 9.78 Å². The molecule has 0 radical (unpaired) electrons. The minimum absolute atomic E-state index is 0.142. The molecule has 0 aliphatic carbocycles. The third-order valence-corrected chi connectivity index (χ3v) is 7.11. The lowest BCUT2D eigenvalue weighted by molar-refractivity contribution is 0.0725. The Kier molecular flexibility index (Phi) is 6.88. The number of rotatable bonds is 6. The number of amides is 1. The van der Waals surface area contributed by atoms with Crippen LogP contribution in [-0.2, 0) is 10.0 Å². The Balaban J connectivity index is 1.68. The lowest BCUT2D eigenvalue weighted by Gasteiger charge is -2.30. The van der Waals surface area contributed by atoms with E-state index in [9.17, 15) is 17.6 Å². The first kappa shape index (κ1) is 22.4. The SMILES string of the molecule is CCC(c1ccc(F)cc1)N(C)C(=O)c1ccc(C2CCN(S(C)(=O)=O)CC2)nc1. The molecule has 1 atom stereocenters. The van der Waals surface area contributed by atoms with Crippen molar-refractivity contribution in [3.05, 3.63) is 65.2 Å². The monoisotopic (exact) mass is 433 g/mol. The first-order valence-electron chi connectivity index (χ1n) is 10.1. The molecule has 8 heteroatoms. The summed E-state index contributed by atoms with van der Waals surface area (Å²) in [5, 5.41) is 0. The normalized spacial score (nSPS) is 16.9. The second-order valence-electron chi connectivity index (χ2n) is 7.80. The second-order valence-corrected chi connectivity index (χ2v) is 9.78. The second kappa shape index (κ2) is 9.22. The molecule has 2 heterocycles. The van der Waals surface area contributed by atoms with Crippen molar-refractivity contribution in [2.24, 2.45) is 0 Å². The zero-order valence-electron chi connectivity index (χ0n) is 17.6. The number of halogens is 1. The van der Waals surface area contributed by atoms with E-state index in [1.807, 2.05) is 13.0 Å².